The van der Waals surface area contributed by atoms with E-state index in [9.17, 15) is 4.79 Å². The predicted octanol–water partition coefficient (Wildman–Crippen LogP) is 3.90. The maximum atomic E-state index is 10.6. The number of rotatable bonds is 8. The topological polar surface area (TPSA) is 26.3 Å². The minimum Gasteiger partial charge on any atom is -0.373 e. The number of hydrogen-bond donors (Lipinski definition) is 0. The molecule has 0 saturated carbocycles. The van der Waals surface area contributed by atoms with Gasteiger partial charge in [0.2, 0.25) is 0 Å². The molecule has 2 nitrogen and oxygen atoms in total. The fourth-order valence-corrected chi connectivity index (χ4v) is 2.39. The van der Waals surface area contributed by atoms with Crippen LogP contribution >= 0.6 is 0 Å². The van der Waals surface area contributed by atoms with Gasteiger partial charge in [0, 0.05) is 5.92 Å². The average Bonchev–Trinajstić information content (AvgIpc) is 2.68. The van der Waals surface area contributed by atoms with Crippen LogP contribution in [-0.4, -0.2) is 19.0 Å². The van der Waals surface area contributed by atoms with Gasteiger partial charge >= 0.3 is 0 Å². The highest BCUT2D eigenvalue weighted by atomic mass is 16.5. The van der Waals surface area contributed by atoms with Gasteiger partial charge in [-0.05, 0) is 38.2 Å². The second-order valence-electron chi connectivity index (χ2n) is 5.24. The SMILES string of the molecule is CCCCCC1=C(C)CCC1OCC(C)C=O. The molecule has 0 radical (unpaired) electrons. The van der Waals surface area contributed by atoms with Crippen LogP contribution in [0.5, 0.6) is 0 Å². The number of allylic oxidation sites excluding steroid dienone is 1. The lowest BCUT2D eigenvalue weighted by atomic mass is 10.0. The van der Waals surface area contributed by atoms with Crippen molar-refractivity contribution in [3.05, 3.63) is 11.1 Å². The first-order chi connectivity index (χ1) is 8.19. The molecule has 0 aromatic heterocycles. The van der Waals surface area contributed by atoms with Crippen LogP contribution in [0.1, 0.15) is 59.3 Å². The fraction of sp³-hybridized carbons (Fsp3) is 0.800. The van der Waals surface area contributed by atoms with Gasteiger partial charge in [-0.2, -0.15) is 0 Å². The molecule has 0 aliphatic heterocycles. The number of unbranched alkanes of at least 4 members (excludes halogenated alkanes) is 2. The van der Waals surface area contributed by atoms with Crippen LogP contribution in [0.25, 0.3) is 0 Å². The van der Waals surface area contributed by atoms with E-state index in [1.165, 1.54) is 43.3 Å². The van der Waals surface area contributed by atoms with Crippen molar-refractivity contribution in [1.82, 2.24) is 0 Å². The summed E-state index contributed by atoms with van der Waals surface area (Å²) in [5.41, 5.74) is 3.03. The minimum absolute atomic E-state index is 0.0211. The molecule has 98 valence electrons. The van der Waals surface area contributed by atoms with Gasteiger partial charge < -0.3 is 9.53 Å². The summed E-state index contributed by atoms with van der Waals surface area (Å²) in [5.74, 6) is 0.0211. The zero-order valence-electron chi connectivity index (χ0n) is 11.5. The highest BCUT2D eigenvalue weighted by Gasteiger charge is 2.23. The fourth-order valence-electron chi connectivity index (χ4n) is 2.39. The van der Waals surface area contributed by atoms with Crippen molar-refractivity contribution < 1.29 is 9.53 Å². The maximum absolute atomic E-state index is 10.6. The molecule has 2 atom stereocenters. The Morgan fingerprint density at radius 3 is 2.88 bits per heavy atom. The van der Waals surface area contributed by atoms with Crippen molar-refractivity contribution in [1.29, 1.82) is 0 Å². The lowest BCUT2D eigenvalue weighted by Crippen LogP contribution is -2.17. The van der Waals surface area contributed by atoms with Crippen molar-refractivity contribution in [2.45, 2.75) is 65.4 Å². The second kappa shape index (κ2) is 7.65. The number of ether oxygens (including phenoxy) is 1. The molecule has 0 saturated heterocycles. The lowest BCUT2D eigenvalue weighted by molar-refractivity contribution is -0.112. The summed E-state index contributed by atoms with van der Waals surface area (Å²) in [6, 6.07) is 0. The number of aldehydes is 1. The van der Waals surface area contributed by atoms with E-state index in [1.54, 1.807) is 0 Å². The Bertz CT molecular complexity index is 268. The highest BCUT2D eigenvalue weighted by Crippen LogP contribution is 2.32. The van der Waals surface area contributed by atoms with Crippen LogP contribution in [0.15, 0.2) is 11.1 Å². The molecule has 1 aliphatic carbocycles. The van der Waals surface area contributed by atoms with Gasteiger partial charge in [-0.15, -0.1) is 0 Å². The predicted molar refractivity (Wildman–Crippen MR) is 71.0 cm³/mol. The third kappa shape index (κ3) is 4.63. The number of hydrogen-bond acceptors (Lipinski definition) is 2. The third-order valence-electron chi connectivity index (χ3n) is 3.56. The Morgan fingerprint density at radius 1 is 1.47 bits per heavy atom. The molecule has 0 heterocycles. The van der Waals surface area contributed by atoms with Crippen molar-refractivity contribution in [2.24, 2.45) is 5.92 Å². The average molecular weight is 238 g/mol. The molecule has 1 rings (SSSR count). The first-order valence-corrected chi connectivity index (χ1v) is 6.94. The summed E-state index contributed by atoms with van der Waals surface area (Å²) in [6.45, 7) is 6.94. The first-order valence-electron chi connectivity index (χ1n) is 6.94. The monoisotopic (exact) mass is 238 g/mol. The van der Waals surface area contributed by atoms with Crippen molar-refractivity contribution >= 4 is 6.29 Å². The largest absolute Gasteiger partial charge is 0.373 e. The standard InChI is InChI=1S/C15H26O2/c1-4-5-6-7-14-13(3)8-9-15(14)17-11-12(2)10-16/h10,12,15H,4-9,11H2,1-3H3. The van der Waals surface area contributed by atoms with Gasteiger partial charge in [0.05, 0.1) is 12.7 Å². The van der Waals surface area contributed by atoms with Crippen LogP contribution in [0.4, 0.5) is 0 Å². The first kappa shape index (κ1) is 14.4. The highest BCUT2D eigenvalue weighted by molar-refractivity contribution is 5.52. The molecule has 0 aromatic rings. The van der Waals surface area contributed by atoms with Crippen LogP contribution in [0, 0.1) is 5.92 Å². The molecule has 0 N–H and O–H groups in total. The van der Waals surface area contributed by atoms with Gasteiger partial charge in [-0.3, -0.25) is 0 Å². The summed E-state index contributed by atoms with van der Waals surface area (Å²) in [4.78, 5) is 10.6. The smallest absolute Gasteiger partial charge is 0.125 e. The van der Waals surface area contributed by atoms with Gasteiger partial charge in [-0.25, -0.2) is 0 Å². The summed E-state index contributed by atoms with van der Waals surface area (Å²) < 4.78 is 5.88. The van der Waals surface area contributed by atoms with Gasteiger partial charge in [0.15, 0.2) is 0 Å². The van der Waals surface area contributed by atoms with E-state index < -0.39 is 0 Å². The van der Waals surface area contributed by atoms with Crippen LogP contribution in [0.2, 0.25) is 0 Å². The molecule has 2 unspecified atom stereocenters. The second-order valence-corrected chi connectivity index (χ2v) is 5.24. The molecule has 17 heavy (non-hydrogen) atoms. The summed E-state index contributed by atoms with van der Waals surface area (Å²) >= 11 is 0. The van der Waals surface area contributed by atoms with Gasteiger partial charge in [-0.1, -0.05) is 32.3 Å². The zero-order valence-corrected chi connectivity index (χ0v) is 11.5. The van der Waals surface area contributed by atoms with Gasteiger partial charge in [0.1, 0.15) is 6.29 Å². The number of carbonyl (C=O) groups is 1. The molecule has 0 bridgehead atoms. The van der Waals surface area contributed by atoms with Crippen LogP contribution in [0.3, 0.4) is 0 Å². The van der Waals surface area contributed by atoms with E-state index in [0.717, 1.165) is 12.7 Å². The molecule has 1 aliphatic rings. The van der Waals surface area contributed by atoms with E-state index >= 15 is 0 Å². The van der Waals surface area contributed by atoms with E-state index in [-0.39, 0.29) is 12.0 Å². The van der Waals surface area contributed by atoms with E-state index in [1.807, 2.05) is 6.92 Å². The maximum Gasteiger partial charge on any atom is 0.125 e. The van der Waals surface area contributed by atoms with E-state index in [4.69, 9.17) is 4.74 Å². The molecule has 2 heteroatoms. The van der Waals surface area contributed by atoms with Crippen LogP contribution in [-0.2, 0) is 9.53 Å². The zero-order chi connectivity index (χ0) is 12.7. The quantitative estimate of drug-likeness (QED) is 0.364. The molecule has 0 spiro atoms. The summed E-state index contributed by atoms with van der Waals surface area (Å²) in [5, 5.41) is 0. The molecular formula is C15H26O2. The third-order valence-corrected chi connectivity index (χ3v) is 3.56. The molecule has 0 fully saturated rings. The summed E-state index contributed by atoms with van der Waals surface area (Å²) in [6.07, 6.45) is 8.55. The Hall–Kier alpha value is -0.630. The normalized spacial score (nSPS) is 21.9. The van der Waals surface area contributed by atoms with E-state index in [2.05, 4.69) is 13.8 Å². The minimum atomic E-state index is 0.0211. The Labute approximate surface area is 105 Å². The molecular weight excluding hydrogens is 212 g/mol. The van der Waals surface area contributed by atoms with E-state index in [0.29, 0.717) is 6.61 Å². The molecule has 0 amide bonds. The summed E-state index contributed by atoms with van der Waals surface area (Å²) in [7, 11) is 0. The van der Waals surface area contributed by atoms with Crippen LogP contribution < -0.4 is 0 Å². The van der Waals surface area contributed by atoms with Crippen molar-refractivity contribution in [2.75, 3.05) is 6.61 Å². The Morgan fingerprint density at radius 2 is 2.24 bits per heavy atom. The molecule has 0 aromatic carbocycles. The number of carbonyl (C=O) groups excluding carboxylic acids is 1. The Kier molecular flexibility index (Phi) is 6.49. The van der Waals surface area contributed by atoms with Crippen molar-refractivity contribution in [3.8, 4) is 0 Å². The van der Waals surface area contributed by atoms with Gasteiger partial charge in [0.25, 0.3) is 0 Å². The van der Waals surface area contributed by atoms with Crippen molar-refractivity contribution in [3.63, 3.8) is 0 Å². The Balaban J connectivity index is 2.40. The lowest BCUT2D eigenvalue weighted by Gasteiger charge is -2.17.